The number of carbonyl (C=O) groups excluding carboxylic acids is 1. The number of amides is 1. The highest BCUT2D eigenvalue weighted by Crippen LogP contribution is 2.22. The van der Waals surface area contributed by atoms with Crippen molar-refractivity contribution in [3.05, 3.63) is 29.8 Å². The van der Waals surface area contributed by atoms with Gasteiger partial charge in [0.05, 0.1) is 11.3 Å². The molecule has 0 saturated heterocycles. The average Bonchev–Trinajstić information content (AvgIpc) is 2.55. The molecule has 4 heteroatoms. The summed E-state index contributed by atoms with van der Waals surface area (Å²) < 4.78 is 0. The van der Waals surface area contributed by atoms with E-state index in [1.807, 2.05) is 0 Å². The van der Waals surface area contributed by atoms with Crippen molar-refractivity contribution in [1.82, 2.24) is 0 Å². The number of benzene rings is 1. The number of hydrogen-bond donors (Lipinski definition) is 1. The monoisotopic (exact) mass is 319 g/mol. The van der Waals surface area contributed by atoms with Crippen LogP contribution in [0.15, 0.2) is 24.3 Å². The van der Waals surface area contributed by atoms with E-state index in [-0.39, 0.29) is 11.5 Å². The number of hydrogen-bond acceptors (Lipinski definition) is 2. The van der Waals surface area contributed by atoms with Gasteiger partial charge >= 0.3 is 5.97 Å². The Kier molecular flexibility index (Phi) is 9.03. The molecule has 0 spiro atoms. The van der Waals surface area contributed by atoms with Gasteiger partial charge in [-0.3, -0.25) is 4.79 Å². The summed E-state index contributed by atoms with van der Waals surface area (Å²) in [7, 11) is 0. The zero-order valence-corrected chi connectivity index (χ0v) is 14.4. The third-order valence-electron chi connectivity index (χ3n) is 3.96. The van der Waals surface area contributed by atoms with Gasteiger partial charge in [0.25, 0.3) is 0 Å². The summed E-state index contributed by atoms with van der Waals surface area (Å²) in [6.07, 6.45) is 7.80. The molecule has 128 valence electrons. The molecule has 1 aromatic carbocycles. The van der Waals surface area contributed by atoms with E-state index in [1.54, 1.807) is 29.2 Å². The number of unbranched alkanes of at least 4 members (excludes halogenated alkanes) is 5. The minimum atomic E-state index is -0.988. The van der Waals surface area contributed by atoms with Gasteiger partial charge in [0.2, 0.25) is 5.91 Å². The van der Waals surface area contributed by atoms with Crippen LogP contribution in [0.25, 0.3) is 0 Å². The molecule has 0 aliphatic rings. The summed E-state index contributed by atoms with van der Waals surface area (Å²) in [5.41, 5.74) is 0.718. The summed E-state index contributed by atoms with van der Waals surface area (Å²) >= 11 is 0. The molecule has 0 heterocycles. The molecule has 0 aromatic heterocycles. The minimum Gasteiger partial charge on any atom is -0.478 e. The van der Waals surface area contributed by atoms with Crippen LogP contribution in [-0.2, 0) is 4.79 Å². The van der Waals surface area contributed by atoms with Crippen molar-refractivity contribution in [3.63, 3.8) is 0 Å². The van der Waals surface area contributed by atoms with Crippen LogP contribution in [0.4, 0.5) is 5.69 Å². The van der Waals surface area contributed by atoms with Crippen molar-refractivity contribution < 1.29 is 14.7 Å². The Morgan fingerprint density at radius 1 is 0.957 bits per heavy atom. The lowest BCUT2D eigenvalue weighted by Crippen LogP contribution is -2.33. The first-order chi connectivity index (χ1) is 11.1. The van der Waals surface area contributed by atoms with E-state index in [0.29, 0.717) is 18.7 Å². The summed E-state index contributed by atoms with van der Waals surface area (Å²) in [6, 6.07) is 6.77. The number of aromatic carboxylic acids is 1. The Bertz CT molecular complexity index is 499. The lowest BCUT2D eigenvalue weighted by atomic mass is 10.1. The van der Waals surface area contributed by atoms with Gasteiger partial charge in [-0.25, -0.2) is 4.79 Å². The van der Waals surface area contributed by atoms with Crippen LogP contribution >= 0.6 is 0 Å². The van der Waals surface area contributed by atoms with Crippen LogP contribution in [-0.4, -0.2) is 23.5 Å². The topological polar surface area (TPSA) is 57.6 Å². The quantitative estimate of drug-likeness (QED) is 0.591. The molecule has 0 aliphatic carbocycles. The van der Waals surface area contributed by atoms with Gasteiger partial charge in [0.1, 0.15) is 0 Å². The van der Waals surface area contributed by atoms with Crippen LogP contribution in [0.2, 0.25) is 0 Å². The zero-order valence-electron chi connectivity index (χ0n) is 14.4. The maximum absolute atomic E-state index is 12.6. The average molecular weight is 319 g/mol. The van der Waals surface area contributed by atoms with Crippen LogP contribution in [0.5, 0.6) is 0 Å². The summed E-state index contributed by atoms with van der Waals surface area (Å²) in [6.45, 7) is 4.81. The molecule has 0 saturated carbocycles. The van der Waals surface area contributed by atoms with Crippen molar-refractivity contribution in [1.29, 1.82) is 0 Å². The Hall–Kier alpha value is -1.84. The summed E-state index contributed by atoms with van der Waals surface area (Å²) in [5, 5.41) is 9.36. The molecule has 23 heavy (non-hydrogen) atoms. The fourth-order valence-electron chi connectivity index (χ4n) is 2.60. The molecule has 0 fully saturated rings. The van der Waals surface area contributed by atoms with E-state index < -0.39 is 5.97 Å². The molecule has 0 aliphatic heterocycles. The van der Waals surface area contributed by atoms with Gasteiger partial charge in [-0.05, 0) is 25.0 Å². The van der Waals surface area contributed by atoms with Crippen LogP contribution in [0.3, 0.4) is 0 Å². The number of para-hydroxylation sites is 1. The maximum atomic E-state index is 12.6. The largest absolute Gasteiger partial charge is 0.478 e. The third kappa shape index (κ3) is 6.43. The first-order valence-electron chi connectivity index (χ1n) is 8.74. The van der Waals surface area contributed by atoms with Crippen LogP contribution in [0, 0.1) is 0 Å². The van der Waals surface area contributed by atoms with E-state index in [0.717, 1.165) is 32.1 Å². The molecule has 0 bridgehead atoms. The molecule has 1 aromatic rings. The van der Waals surface area contributed by atoms with Crippen LogP contribution in [0.1, 0.15) is 75.6 Å². The van der Waals surface area contributed by atoms with Crippen molar-refractivity contribution in [2.75, 3.05) is 11.4 Å². The van der Waals surface area contributed by atoms with Crippen molar-refractivity contribution >= 4 is 17.6 Å². The van der Waals surface area contributed by atoms with Crippen molar-refractivity contribution in [2.45, 2.75) is 65.2 Å². The molecule has 1 amide bonds. The number of carboxylic acid groups (broad SMARTS) is 1. The molecular weight excluding hydrogens is 290 g/mol. The second kappa shape index (κ2) is 10.8. The number of carbonyl (C=O) groups is 2. The Morgan fingerprint density at radius 2 is 1.61 bits per heavy atom. The molecule has 0 radical (unpaired) electrons. The highest BCUT2D eigenvalue weighted by Gasteiger charge is 2.20. The van der Waals surface area contributed by atoms with Gasteiger partial charge in [-0.1, -0.05) is 58.1 Å². The standard InChI is InChI=1S/C19H29NO3/c1-3-5-7-8-9-14-18(21)20(15-6-4-2)17-13-11-10-12-16(17)19(22)23/h10-13H,3-9,14-15H2,1-2H3,(H,22,23). The number of carboxylic acids is 1. The van der Waals surface area contributed by atoms with E-state index in [4.69, 9.17) is 0 Å². The third-order valence-corrected chi connectivity index (χ3v) is 3.96. The normalized spacial score (nSPS) is 10.5. The zero-order chi connectivity index (χ0) is 17.1. The first-order valence-corrected chi connectivity index (χ1v) is 8.74. The second-order valence-electron chi connectivity index (χ2n) is 5.89. The molecule has 1 N–H and O–H groups in total. The van der Waals surface area contributed by atoms with Crippen molar-refractivity contribution in [2.24, 2.45) is 0 Å². The van der Waals surface area contributed by atoms with Gasteiger partial charge in [-0.15, -0.1) is 0 Å². The molecule has 1 rings (SSSR count). The lowest BCUT2D eigenvalue weighted by molar-refractivity contribution is -0.118. The number of nitrogens with zero attached hydrogens (tertiary/aromatic N) is 1. The Balaban J connectivity index is 2.79. The summed E-state index contributed by atoms with van der Waals surface area (Å²) in [5.74, 6) is -0.957. The van der Waals surface area contributed by atoms with E-state index in [2.05, 4.69) is 13.8 Å². The predicted octanol–water partition coefficient (Wildman–Crippen LogP) is 4.88. The fraction of sp³-hybridized carbons (Fsp3) is 0.579. The summed E-state index contributed by atoms with van der Waals surface area (Å²) in [4.78, 5) is 25.7. The van der Waals surface area contributed by atoms with E-state index in [1.165, 1.54) is 12.8 Å². The van der Waals surface area contributed by atoms with Gasteiger partial charge in [-0.2, -0.15) is 0 Å². The maximum Gasteiger partial charge on any atom is 0.337 e. The first kappa shape index (κ1) is 19.2. The minimum absolute atomic E-state index is 0.0312. The highest BCUT2D eigenvalue weighted by molar-refractivity contribution is 6.01. The van der Waals surface area contributed by atoms with Gasteiger partial charge < -0.3 is 10.0 Å². The van der Waals surface area contributed by atoms with Gasteiger partial charge in [0.15, 0.2) is 0 Å². The molecule has 0 unspecified atom stereocenters. The molecule has 0 atom stereocenters. The Labute approximate surface area is 139 Å². The van der Waals surface area contributed by atoms with Crippen LogP contribution < -0.4 is 4.90 Å². The van der Waals surface area contributed by atoms with Gasteiger partial charge in [0, 0.05) is 13.0 Å². The molecular formula is C19H29NO3. The number of anilines is 1. The Morgan fingerprint density at radius 3 is 2.26 bits per heavy atom. The second-order valence-corrected chi connectivity index (χ2v) is 5.89. The highest BCUT2D eigenvalue weighted by atomic mass is 16.4. The fourth-order valence-corrected chi connectivity index (χ4v) is 2.60. The van der Waals surface area contributed by atoms with E-state index >= 15 is 0 Å². The molecule has 4 nitrogen and oxygen atoms in total. The van der Waals surface area contributed by atoms with Crippen molar-refractivity contribution in [3.8, 4) is 0 Å². The van der Waals surface area contributed by atoms with E-state index in [9.17, 15) is 14.7 Å². The predicted molar refractivity (Wildman–Crippen MR) is 94.0 cm³/mol. The SMILES string of the molecule is CCCCCCCC(=O)N(CCCC)c1ccccc1C(=O)O. The smallest absolute Gasteiger partial charge is 0.337 e. The lowest BCUT2D eigenvalue weighted by Gasteiger charge is -2.24. The number of rotatable bonds is 11.